The molecule has 2 rings (SSSR count). The lowest BCUT2D eigenvalue weighted by Crippen LogP contribution is -2.28. The van der Waals surface area contributed by atoms with Gasteiger partial charge in [0, 0.05) is 6.07 Å². The van der Waals surface area contributed by atoms with Gasteiger partial charge in [-0.05, 0) is 38.0 Å². The molecule has 0 spiro atoms. The highest BCUT2D eigenvalue weighted by Crippen LogP contribution is 2.12. The maximum absolute atomic E-state index is 11.9. The summed E-state index contributed by atoms with van der Waals surface area (Å²) in [6, 6.07) is 11.8. The van der Waals surface area contributed by atoms with E-state index in [4.69, 9.17) is 9.47 Å². The number of benzene rings is 1. The van der Waals surface area contributed by atoms with Gasteiger partial charge in [-0.15, -0.1) is 0 Å². The summed E-state index contributed by atoms with van der Waals surface area (Å²) in [6.45, 7) is 3.34. The Balaban J connectivity index is 1.43. The Bertz CT molecular complexity index is 667. The molecular formula is C22H30NO3+. The first-order chi connectivity index (χ1) is 12.6. The van der Waals surface area contributed by atoms with Crippen LogP contribution in [0.1, 0.15) is 54.4 Å². The maximum atomic E-state index is 11.9. The molecule has 0 aliphatic carbocycles. The van der Waals surface area contributed by atoms with Crippen LogP contribution in [0.5, 0.6) is 5.75 Å². The third kappa shape index (κ3) is 7.68. The van der Waals surface area contributed by atoms with E-state index in [-0.39, 0.29) is 5.97 Å². The number of esters is 1. The predicted molar refractivity (Wildman–Crippen MR) is 102 cm³/mol. The van der Waals surface area contributed by atoms with Crippen molar-refractivity contribution in [3.63, 3.8) is 0 Å². The van der Waals surface area contributed by atoms with E-state index in [1.807, 2.05) is 36.0 Å². The van der Waals surface area contributed by atoms with Crippen LogP contribution < -0.4 is 9.30 Å². The number of unbranched alkanes of at least 4 members (excludes halogenated alkanes) is 5. The van der Waals surface area contributed by atoms with Gasteiger partial charge in [0.15, 0.2) is 12.4 Å². The van der Waals surface area contributed by atoms with Gasteiger partial charge in [0.05, 0.1) is 13.2 Å². The molecular weight excluding hydrogens is 326 g/mol. The van der Waals surface area contributed by atoms with Crippen LogP contribution in [-0.4, -0.2) is 19.2 Å². The SMILES string of the molecule is Cc1ccc(OCCCCCCCCOC(=O)c2ccc[n+](C)c2)cc1. The highest BCUT2D eigenvalue weighted by molar-refractivity contribution is 5.88. The third-order valence-electron chi connectivity index (χ3n) is 4.24. The number of rotatable bonds is 11. The van der Waals surface area contributed by atoms with Crippen molar-refractivity contribution >= 4 is 5.97 Å². The molecule has 0 amide bonds. The summed E-state index contributed by atoms with van der Waals surface area (Å²) >= 11 is 0. The van der Waals surface area contributed by atoms with Crippen molar-refractivity contribution in [1.29, 1.82) is 0 Å². The summed E-state index contributed by atoms with van der Waals surface area (Å²) in [5.74, 6) is 0.707. The molecule has 4 nitrogen and oxygen atoms in total. The minimum Gasteiger partial charge on any atom is -0.494 e. The van der Waals surface area contributed by atoms with Crippen molar-refractivity contribution in [3.05, 3.63) is 59.9 Å². The van der Waals surface area contributed by atoms with Gasteiger partial charge in [0.1, 0.15) is 18.4 Å². The lowest BCUT2D eigenvalue weighted by molar-refractivity contribution is -0.671. The molecule has 1 heterocycles. The summed E-state index contributed by atoms with van der Waals surface area (Å²) in [5.41, 5.74) is 1.85. The number of carbonyl (C=O) groups excluding carboxylic acids is 1. The van der Waals surface area contributed by atoms with E-state index in [9.17, 15) is 4.79 Å². The molecule has 0 radical (unpaired) electrons. The molecule has 0 aliphatic rings. The van der Waals surface area contributed by atoms with Crippen molar-refractivity contribution in [3.8, 4) is 5.75 Å². The van der Waals surface area contributed by atoms with E-state index < -0.39 is 0 Å². The molecule has 0 bridgehead atoms. The van der Waals surface area contributed by atoms with Crippen LogP contribution in [0.4, 0.5) is 0 Å². The highest BCUT2D eigenvalue weighted by atomic mass is 16.5. The molecule has 4 heteroatoms. The largest absolute Gasteiger partial charge is 0.494 e. The molecule has 1 aromatic carbocycles. The lowest BCUT2D eigenvalue weighted by atomic mass is 10.1. The summed E-state index contributed by atoms with van der Waals surface area (Å²) in [6.07, 6.45) is 10.3. The third-order valence-corrected chi connectivity index (χ3v) is 4.24. The maximum Gasteiger partial charge on any atom is 0.344 e. The first-order valence-electron chi connectivity index (χ1n) is 9.47. The van der Waals surface area contributed by atoms with E-state index >= 15 is 0 Å². The Kier molecular flexibility index (Phi) is 8.67. The normalized spacial score (nSPS) is 10.5. The van der Waals surface area contributed by atoms with Gasteiger partial charge in [-0.3, -0.25) is 0 Å². The second-order valence-electron chi connectivity index (χ2n) is 6.68. The first kappa shape index (κ1) is 20.0. The molecule has 1 aromatic heterocycles. The van der Waals surface area contributed by atoms with Crippen LogP contribution in [-0.2, 0) is 11.8 Å². The predicted octanol–water partition coefficient (Wildman–Crippen LogP) is 4.40. The second-order valence-corrected chi connectivity index (χ2v) is 6.68. The van der Waals surface area contributed by atoms with Crippen LogP contribution in [0.15, 0.2) is 48.8 Å². The number of carbonyl (C=O) groups is 1. The van der Waals surface area contributed by atoms with Gasteiger partial charge < -0.3 is 9.47 Å². The first-order valence-corrected chi connectivity index (χ1v) is 9.47. The van der Waals surface area contributed by atoms with Gasteiger partial charge in [-0.2, -0.15) is 0 Å². The van der Waals surface area contributed by atoms with Gasteiger partial charge in [0.25, 0.3) is 0 Å². The molecule has 0 N–H and O–H groups in total. The van der Waals surface area contributed by atoms with Crippen LogP contribution in [0.25, 0.3) is 0 Å². The summed E-state index contributed by atoms with van der Waals surface area (Å²) in [7, 11) is 1.89. The zero-order chi connectivity index (χ0) is 18.6. The van der Waals surface area contributed by atoms with E-state index in [1.165, 1.54) is 24.8 Å². The van der Waals surface area contributed by atoms with Gasteiger partial charge >= 0.3 is 5.97 Å². The zero-order valence-electron chi connectivity index (χ0n) is 15.9. The van der Waals surface area contributed by atoms with Crippen molar-refractivity contribution in [2.24, 2.45) is 7.05 Å². The minimum atomic E-state index is -0.241. The smallest absolute Gasteiger partial charge is 0.344 e. The molecule has 2 aromatic rings. The van der Waals surface area contributed by atoms with Gasteiger partial charge in [-0.25, -0.2) is 9.36 Å². The Morgan fingerprint density at radius 2 is 1.58 bits per heavy atom. The van der Waals surface area contributed by atoms with E-state index in [0.29, 0.717) is 12.2 Å². The number of aromatic nitrogens is 1. The number of aryl methyl sites for hydroxylation is 2. The summed E-state index contributed by atoms with van der Waals surface area (Å²) < 4.78 is 12.9. The number of hydrogen-bond acceptors (Lipinski definition) is 3. The average molecular weight is 356 g/mol. The van der Waals surface area contributed by atoms with Gasteiger partial charge in [0.2, 0.25) is 0 Å². The molecule has 0 fully saturated rings. The minimum absolute atomic E-state index is 0.241. The number of hydrogen-bond donors (Lipinski definition) is 0. The lowest BCUT2D eigenvalue weighted by Gasteiger charge is -2.06. The molecule has 26 heavy (non-hydrogen) atoms. The standard InChI is InChI=1S/C22H30NO3/c1-19-11-13-21(14-12-19)25-16-7-5-3-4-6-8-17-26-22(24)20-10-9-15-23(2)18-20/h9-15,18H,3-8,16-17H2,1-2H3/q+1. The van der Waals surface area contributed by atoms with Crippen molar-refractivity contribution in [2.45, 2.75) is 45.4 Å². The number of nitrogens with zero attached hydrogens (tertiary/aromatic N) is 1. The molecule has 140 valence electrons. The van der Waals surface area contributed by atoms with E-state index in [0.717, 1.165) is 31.6 Å². The summed E-state index contributed by atoms with van der Waals surface area (Å²) in [4.78, 5) is 11.9. The molecule has 0 atom stereocenters. The average Bonchev–Trinajstić information content (AvgIpc) is 2.64. The van der Waals surface area contributed by atoms with Crippen LogP contribution in [0.2, 0.25) is 0 Å². The quantitative estimate of drug-likeness (QED) is 0.340. The second kappa shape index (κ2) is 11.3. The molecule has 0 aliphatic heterocycles. The number of ether oxygens (including phenoxy) is 2. The van der Waals surface area contributed by atoms with E-state index in [1.54, 1.807) is 12.3 Å². The highest BCUT2D eigenvalue weighted by Gasteiger charge is 2.09. The topological polar surface area (TPSA) is 39.4 Å². The van der Waals surface area contributed by atoms with Crippen molar-refractivity contribution in [1.82, 2.24) is 0 Å². The van der Waals surface area contributed by atoms with Crippen LogP contribution in [0, 0.1) is 6.92 Å². The van der Waals surface area contributed by atoms with Crippen LogP contribution >= 0.6 is 0 Å². The Hall–Kier alpha value is -2.36. The zero-order valence-corrected chi connectivity index (χ0v) is 15.9. The fraction of sp³-hybridized carbons (Fsp3) is 0.455. The Morgan fingerprint density at radius 1 is 0.923 bits per heavy atom. The molecule has 0 unspecified atom stereocenters. The fourth-order valence-corrected chi connectivity index (χ4v) is 2.69. The molecule has 0 saturated heterocycles. The number of pyridine rings is 1. The van der Waals surface area contributed by atoms with Crippen LogP contribution in [0.3, 0.4) is 0 Å². The monoisotopic (exact) mass is 356 g/mol. The molecule has 0 saturated carbocycles. The van der Waals surface area contributed by atoms with Crippen molar-refractivity contribution in [2.75, 3.05) is 13.2 Å². The summed E-state index contributed by atoms with van der Waals surface area (Å²) in [5, 5.41) is 0. The Labute approximate surface area is 156 Å². The van der Waals surface area contributed by atoms with Gasteiger partial charge in [-0.1, -0.05) is 43.4 Å². The van der Waals surface area contributed by atoms with E-state index in [2.05, 4.69) is 19.1 Å². The fourth-order valence-electron chi connectivity index (χ4n) is 2.69. The van der Waals surface area contributed by atoms with Crippen molar-refractivity contribution < 1.29 is 18.8 Å². The Morgan fingerprint density at radius 3 is 2.27 bits per heavy atom.